The zero-order valence-corrected chi connectivity index (χ0v) is 17.8. The molecular weight excluding hydrogens is 408 g/mol. The molecule has 0 saturated carbocycles. The molecule has 0 saturated heterocycles. The van der Waals surface area contributed by atoms with Crippen molar-refractivity contribution >= 4 is 34.0 Å². The monoisotopic (exact) mass is 427 g/mol. The van der Waals surface area contributed by atoms with Crippen molar-refractivity contribution in [1.29, 1.82) is 0 Å². The van der Waals surface area contributed by atoms with E-state index in [0.29, 0.717) is 10.6 Å². The van der Waals surface area contributed by atoms with E-state index in [-0.39, 0.29) is 5.88 Å². The average Bonchev–Trinajstić information content (AvgIpc) is 3.08. The van der Waals surface area contributed by atoms with E-state index in [9.17, 15) is 9.90 Å². The van der Waals surface area contributed by atoms with Crippen LogP contribution in [0.3, 0.4) is 0 Å². The molecule has 3 aromatic rings. The quantitative estimate of drug-likeness (QED) is 0.492. The predicted octanol–water partition coefficient (Wildman–Crippen LogP) is 4.55. The second kappa shape index (κ2) is 7.54. The molecule has 0 fully saturated rings. The molecule has 1 aromatic heterocycles. The van der Waals surface area contributed by atoms with E-state index in [0.717, 1.165) is 26.8 Å². The molecule has 1 N–H and O–H groups in total. The van der Waals surface area contributed by atoms with Gasteiger partial charge in [-0.1, -0.05) is 60.1 Å². The van der Waals surface area contributed by atoms with E-state index >= 15 is 0 Å². The Morgan fingerprint density at radius 1 is 1.17 bits per heavy atom. The molecule has 0 aliphatic carbocycles. The molecule has 148 valence electrons. The Morgan fingerprint density at radius 2 is 1.83 bits per heavy atom. The van der Waals surface area contributed by atoms with Gasteiger partial charge in [0.05, 0.1) is 14.2 Å². The fourth-order valence-corrected chi connectivity index (χ4v) is 5.07. The summed E-state index contributed by atoms with van der Waals surface area (Å²) in [7, 11) is 3.23. The molecule has 5 nitrogen and oxygen atoms in total. The van der Waals surface area contributed by atoms with Gasteiger partial charge in [0, 0.05) is 10.6 Å². The number of hydrogen-bond donors (Lipinski definition) is 1. The molecule has 1 aliphatic rings. The maximum atomic E-state index is 12.8. The number of allylic oxidation sites excluding steroid dienone is 1. The number of nitrogens with zero attached hydrogens (tertiary/aromatic N) is 2. The van der Waals surface area contributed by atoms with Crippen LogP contribution in [-0.4, -0.2) is 25.2 Å². The van der Waals surface area contributed by atoms with E-state index in [1.165, 1.54) is 18.4 Å². The summed E-state index contributed by atoms with van der Waals surface area (Å²) >= 11 is 7.98. The number of rotatable bonds is 3. The normalized spacial score (nSPS) is 16.0. The summed E-state index contributed by atoms with van der Waals surface area (Å²) in [4.78, 5) is 15.4. The van der Waals surface area contributed by atoms with Crippen LogP contribution in [0, 0.1) is 0 Å². The van der Waals surface area contributed by atoms with Gasteiger partial charge in [-0.15, -0.1) is 0 Å². The molecule has 1 unspecified atom stereocenters. The zero-order chi connectivity index (χ0) is 20.7. The molecule has 0 spiro atoms. The van der Waals surface area contributed by atoms with Gasteiger partial charge in [0.15, 0.2) is 6.04 Å². The van der Waals surface area contributed by atoms with Crippen molar-refractivity contribution in [1.82, 2.24) is 0 Å². The molecule has 1 atom stereocenters. The first kappa shape index (κ1) is 19.5. The van der Waals surface area contributed by atoms with E-state index in [2.05, 4.69) is 0 Å². The van der Waals surface area contributed by atoms with Crippen molar-refractivity contribution in [2.45, 2.75) is 13.0 Å². The first-order valence-corrected chi connectivity index (χ1v) is 10.2. The average molecular weight is 428 g/mol. The lowest BCUT2D eigenvalue weighted by Gasteiger charge is -2.27. The Hall–Kier alpha value is -2.83. The van der Waals surface area contributed by atoms with Crippen molar-refractivity contribution in [3.05, 3.63) is 76.5 Å². The first-order valence-electron chi connectivity index (χ1n) is 9.05. The molecule has 0 radical (unpaired) electrons. The summed E-state index contributed by atoms with van der Waals surface area (Å²) in [6, 6.07) is 16.4. The topological polar surface area (TPSA) is 53.6 Å². The predicted molar refractivity (Wildman–Crippen MR) is 114 cm³/mol. The second-order valence-corrected chi connectivity index (χ2v) is 8.13. The van der Waals surface area contributed by atoms with Gasteiger partial charge in [-0.25, -0.2) is 9.69 Å². The Kier molecular flexibility index (Phi) is 5.06. The van der Waals surface area contributed by atoms with Gasteiger partial charge in [-0.05, 0) is 29.9 Å². The molecule has 2 aromatic carbocycles. The van der Waals surface area contributed by atoms with Crippen LogP contribution in [0.1, 0.15) is 18.5 Å². The van der Waals surface area contributed by atoms with Crippen LogP contribution in [0.2, 0.25) is 5.02 Å². The number of esters is 1. The van der Waals surface area contributed by atoms with E-state index in [1.807, 2.05) is 67.4 Å². The number of aromatic nitrogens is 1. The summed E-state index contributed by atoms with van der Waals surface area (Å²) in [5.41, 5.74) is 2.82. The lowest BCUT2D eigenvalue weighted by atomic mass is 9.94. The molecule has 7 heteroatoms. The molecule has 0 amide bonds. The summed E-state index contributed by atoms with van der Waals surface area (Å²) in [6.07, 6.45) is 0. The third-order valence-corrected chi connectivity index (χ3v) is 6.80. The lowest BCUT2D eigenvalue weighted by molar-refractivity contribution is -0.695. The molecule has 0 bridgehead atoms. The van der Waals surface area contributed by atoms with E-state index in [4.69, 9.17) is 16.3 Å². The van der Waals surface area contributed by atoms with Crippen molar-refractivity contribution in [3.63, 3.8) is 0 Å². The Bertz CT molecular complexity index is 1120. The number of thiazole rings is 1. The van der Waals surface area contributed by atoms with Crippen molar-refractivity contribution in [3.8, 4) is 16.3 Å². The number of methoxy groups -OCH3 is 1. The molecular formula is C22H20ClN2O3S+. The third kappa shape index (κ3) is 3.09. The molecule has 4 rings (SSSR count). The number of ether oxygens (including phenoxy) is 1. The summed E-state index contributed by atoms with van der Waals surface area (Å²) in [5.74, 6) is -0.369. The van der Waals surface area contributed by atoms with Crippen LogP contribution in [-0.2, 0) is 9.53 Å². The minimum Gasteiger partial charge on any atom is -0.477 e. The van der Waals surface area contributed by atoms with Crippen LogP contribution in [0.15, 0.2) is 65.9 Å². The Morgan fingerprint density at radius 3 is 2.48 bits per heavy atom. The second-order valence-electron chi connectivity index (χ2n) is 6.75. The Labute approximate surface area is 178 Å². The van der Waals surface area contributed by atoms with Crippen LogP contribution >= 0.6 is 22.9 Å². The highest BCUT2D eigenvalue weighted by Gasteiger charge is 2.46. The SMILES string of the molecule is COC(=O)C1=C(C)N(C)c2sc(-c3ccccc3)c(O)[n+]2C1c1ccccc1Cl. The summed E-state index contributed by atoms with van der Waals surface area (Å²) < 4.78 is 6.85. The van der Waals surface area contributed by atoms with Gasteiger partial charge in [-0.3, -0.25) is 0 Å². The van der Waals surface area contributed by atoms with E-state index < -0.39 is 12.0 Å². The first-order chi connectivity index (χ1) is 14.0. The van der Waals surface area contributed by atoms with Crippen LogP contribution < -0.4 is 9.47 Å². The van der Waals surface area contributed by atoms with Crippen molar-refractivity contribution in [2.75, 3.05) is 19.1 Å². The highest BCUT2D eigenvalue weighted by Crippen LogP contribution is 2.45. The van der Waals surface area contributed by atoms with Gasteiger partial charge >= 0.3 is 17.0 Å². The zero-order valence-electron chi connectivity index (χ0n) is 16.2. The number of carbonyl (C=O) groups is 1. The summed E-state index contributed by atoms with van der Waals surface area (Å²) in [5, 5.41) is 12.6. The van der Waals surface area contributed by atoms with E-state index in [1.54, 1.807) is 10.6 Å². The maximum Gasteiger partial charge on any atom is 0.345 e. The highest BCUT2D eigenvalue weighted by molar-refractivity contribution is 7.18. The number of carbonyl (C=O) groups excluding carboxylic acids is 1. The van der Waals surface area contributed by atoms with Crippen LogP contribution in [0.5, 0.6) is 5.88 Å². The van der Waals surface area contributed by atoms with Gasteiger partial charge < -0.3 is 9.84 Å². The number of fused-ring (bicyclic) bond motifs is 1. The fourth-order valence-electron chi connectivity index (χ4n) is 3.64. The minimum absolute atomic E-state index is 0.0851. The molecule has 29 heavy (non-hydrogen) atoms. The minimum atomic E-state index is -0.601. The number of hydrogen-bond acceptors (Lipinski definition) is 5. The van der Waals surface area contributed by atoms with Crippen molar-refractivity contribution < 1.29 is 19.2 Å². The Balaban J connectivity index is 2.02. The standard InChI is InChI=1S/C22H19ClN2O3S/c1-13-17(21(27)28-3)18(15-11-7-8-12-16(15)23)25-20(26)19(29-22(25)24(13)2)14-9-5-4-6-10-14/h4-12,18H,1-3H3/p+1. The maximum absolute atomic E-state index is 12.8. The number of halogens is 1. The van der Waals surface area contributed by atoms with Crippen molar-refractivity contribution in [2.24, 2.45) is 0 Å². The van der Waals surface area contributed by atoms with Gasteiger partial charge in [0.2, 0.25) is 0 Å². The highest BCUT2D eigenvalue weighted by atomic mass is 35.5. The van der Waals surface area contributed by atoms with Gasteiger partial charge in [0.25, 0.3) is 0 Å². The molecule has 1 aliphatic heterocycles. The summed E-state index contributed by atoms with van der Waals surface area (Å²) in [6.45, 7) is 1.87. The lowest BCUT2D eigenvalue weighted by Crippen LogP contribution is -2.50. The van der Waals surface area contributed by atoms with Gasteiger partial charge in [-0.2, -0.15) is 4.57 Å². The fraction of sp³-hybridized carbons (Fsp3) is 0.182. The number of aromatic hydroxyl groups is 1. The molecule has 2 heterocycles. The smallest absolute Gasteiger partial charge is 0.345 e. The largest absolute Gasteiger partial charge is 0.477 e. The number of benzene rings is 2. The van der Waals surface area contributed by atoms with Gasteiger partial charge in [0.1, 0.15) is 16.1 Å². The van der Waals surface area contributed by atoms with Crippen LogP contribution in [0.4, 0.5) is 5.13 Å². The van der Waals surface area contributed by atoms with Crippen LogP contribution in [0.25, 0.3) is 10.4 Å². The third-order valence-electron chi connectivity index (χ3n) is 5.18. The number of anilines is 1.